The molecule has 0 unspecified atom stereocenters. The Hall–Kier alpha value is -3.18. The molecule has 0 fully saturated rings. The molecule has 10 nitrogen and oxygen atoms in total. The summed E-state index contributed by atoms with van der Waals surface area (Å²) >= 11 is 0. The third-order valence-corrected chi connectivity index (χ3v) is 7.76. The fraction of sp³-hybridized carbons (Fsp3) is 0.562. The van der Waals surface area contributed by atoms with E-state index in [-0.39, 0.29) is 47.5 Å². The van der Waals surface area contributed by atoms with Gasteiger partial charge in [0.15, 0.2) is 0 Å². The van der Waals surface area contributed by atoms with E-state index in [4.69, 9.17) is 0 Å². The number of benzene rings is 2. The summed E-state index contributed by atoms with van der Waals surface area (Å²) in [4.78, 5) is 23.0. The monoisotopic (exact) mass is 584 g/mol. The first-order valence-electron chi connectivity index (χ1n) is 15.0. The predicted molar refractivity (Wildman–Crippen MR) is 165 cm³/mol. The minimum absolute atomic E-state index is 0.0545. The molecule has 10 heteroatoms. The molecule has 0 saturated carbocycles. The van der Waals surface area contributed by atoms with Crippen LogP contribution in [-0.2, 0) is 22.4 Å². The number of anilines is 2. The molecule has 4 rings (SSSR count). The van der Waals surface area contributed by atoms with Gasteiger partial charge in [-0.25, -0.2) is 0 Å². The molecule has 0 saturated heterocycles. The van der Waals surface area contributed by atoms with E-state index in [9.17, 15) is 30.0 Å². The largest absolute Gasteiger partial charge is 0.506 e. The van der Waals surface area contributed by atoms with E-state index in [2.05, 4.69) is 21.3 Å². The molecule has 2 aromatic rings. The molecule has 4 atom stereocenters. The van der Waals surface area contributed by atoms with Gasteiger partial charge in [0.25, 0.3) is 0 Å². The van der Waals surface area contributed by atoms with Gasteiger partial charge in [-0.3, -0.25) is 9.59 Å². The zero-order valence-corrected chi connectivity index (χ0v) is 25.6. The normalized spacial score (nSPS) is 17.3. The van der Waals surface area contributed by atoms with E-state index in [0.29, 0.717) is 37.1 Å². The Morgan fingerprint density at radius 2 is 1.02 bits per heavy atom. The van der Waals surface area contributed by atoms with E-state index < -0.39 is 12.2 Å². The van der Waals surface area contributed by atoms with Crippen molar-refractivity contribution in [1.82, 2.24) is 10.6 Å². The van der Waals surface area contributed by atoms with Gasteiger partial charge < -0.3 is 41.7 Å². The Labute approximate surface area is 248 Å². The van der Waals surface area contributed by atoms with Crippen LogP contribution in [0.15, 0.2) is 24.3 Å². The number of amides is 2. The molecule has 2 amide bonds. The Balaban J connectivity index is 0.000000230. The van der Waals surface area contributed by atoms with Crippen molar-refractivity contribution in [1.29, 1.82) is 0 Å². The maximum atomic E-state index is 11.5. The Morgan fingerprint density at radius 1 is 0.667 bits per heavy atom. The molecule has 2 aromatic carbocycles. The van der Waals surface area contributed by atoms with Crippen LogP contribution in [0.3, 0.4) is 0 Å². The summed E-state index contributed by atoms with van der Waals surface area (Å²) in [6, 6.07) is 7.00. The fourth-order valence-corrected chi connectivity index (χ4v) is 5.71. The third-order valence-electron chi connectivity index (χ3n) is 7.76. The van der Waals surface area contributed by atoms with E-state index in [1.165, 1.54) is 12.1 Å². The van der Waals surface area contributed by atoms with Gasteiger partial charge in [-0.05, 0) is 60.1 Å². The number of nitrogens with one attached hydrogen (secondary N) is 4. The first kappa shape index (κ1) is 33.3. The number of rotatable bonds is 10. The Kier molecular flexibility index (Phi) is 11.8. The van der Waals surface area contributed by atoms with Crippen LogP contribution >= 0.6 is 0 Å². The average molecular weight is 585 g/mol. The van der Waals surface area contributed by atoms with Gasteiger partial charge in [-0.15, -0.1) is 0 Å². The number of phenolic OH excluding ortho intramolecular Hbond substituents is 2. The summed E-state index contributed by atoms with van der Waals surface area (Å²) in [5.74, 6) is -0.0914. The third kappa shape index (κ3) is 8.01. The number of aromatic hydroxyl groups is 2. The highest BCUT2D eigenvalue weighted by molar-refractivity contribution is 5.96. The minimum atomic E-state index is -0.665. The summed E-state index contributed by atoms with van der Waals surface area (Å²) in [5.41, 5.74) is 4.13. The number of phenols is 2. The highest BCUT2D eigenvalue weighted by atomic mass is 16.3. The van der Waals surface area contributed by atoms with Crippen LogP contribution < -0.4 is 21.3 Å². The maximum absolute atomic E-state index is 11.5. The fourth-order valence-electron chi connectivity index (χ4n) is 5.71. The molecule has 42 heavy (non-hydrogen) atoms. The van der Waals surface area contributed by atoms with Gasteiger partial charge in [-0.1, -0.05) is 53.7 Å². The lowest BCUT2D eigenvalue weighted by atomic mass is 9.90. The number of carbonyl (C=O) groups is 2. The van der Waals surface area contributed by atoms with Crippen molar-refractivity contribution in [3.8, 4) is 11.5 Å². The summed E-state index contributed by atoms with van der Waals surface area (Å²) in [7, 11) is 0. The highest BCUT2D eigenvalue weighted by Crippen LogP contribution is 2.39. The number of aliphatic hydroxyl groups is 2. The molecule has 2 aliphatic rings. The van der Waals surface area contributed by atoms with Gasteiger partial charge in [-0.2, -0.15) is 0 Å². The summed E-state index contributed by atoms with van der Waals surface area (Å²) in [6.45, 7) is 12.2. The van der Waals surface area contributed by atoms with Crippen molar-refractivity contribution in [3.05, 3.63) is 46.5 Å². The second-order valence-corrected chi connectivity index (χ2v) is 11.7. The van der Waals surface area contributed by atoms with E-state index >= 15 is 0 Å². The lowest BCUT2D eigenvalue weighted by Gasteiger charge is -2.29. The number of hydrogen-bond acceptors (Lipinski definition) is 8. The lowest BCUT2D eigenvalue weighted by molar-refractivity contribution is -0.117. The zero-order chi connectivity index (χ0) is 31.1. The molecule has 0 radical (unpaired) electrons. The van der Waals surface area contributed by atoms with Crippen LogP contribution in [0.1, 0.15) is 102 Å². The van der Waals surface area contributed by atoms with Crippen molar-refractivity contribution in [2.24, 2.45) is 0 Å². The number of aliphatic hydroxyl groups excluding tert-OH is 2. The van der Waals surface area contributed by atoms with Crippen LogP contribution in [0.4, 0.5) is 11.4 Å². The molecule has 2 aliphatic heterocycles. The molecule has 0 spiro atoms. The second kappa shape index (κ2) is 14.8. The van der Waals surface area contributed by atoms with Gasteiger partial charge >= 0.3 is 0 Å². The van der Waals surface area contributed by atoms with Gasteiger partial charge in [0.05, 0.1) is 23.6 Å². The molecule has 232 valence electrons. The van der Waals surface area contributed by atoms with Crippen LogP contribution in [0.5, 0.6) is 11.5 Å². The van der Waals surface area contributed by atoms with E-state index in [0.717, 1.165) is 35.1 Å². The molecular weight excluding hydrogens is 536 g/mol. The van der Waals surface area contributed by atoms with Crippen molar-refractivity contribution < 1.29 is 30.0 Å². The van der Waals surface area contributed by atoms with Gasteiger partial charge in [0, 0.05) is 37.0 Å². The molecule has 2 heterocycles. The van der Waals surface area contributed by atoms with Crippen molar-refractivity contribution >= 4 is 23.2 Å². The molecule has 0 aromatic heterocycles. The summed E-state index contributed by atoms with van der Waals surface area (Å²) < 4.78 is 0. The summed E-state index contributed by atoms with van der Waals surface area (Å²) in [6.07, 6.45) is 2.10. The molecular formula is C32H48N4O6. The SMILES string of the molecule is CC[C@@H](NC(C)C)[C@@H](O)c1ccc(O)c2c1CCC(=O)N2.CC[C@H](NC(C)C)[C@H](O)c1ccc(O)c2c1CCC(=O)N2. The standard InChI is InChI=1S/2C16H24N2O3/c2*1-4-12(17-9(2)3)16(21)11-5-7-13(19)15-10(11)6-8-14(20)18-15/h2*5,7,9,12,16-17,19,21H,4,6,8H2,1-3H3,(H,18,20)/t2*12-,16+/m10/s1. The number of hydrogen-bond donors (Lipinski definition) is 8. The van der Waals surface area contributed by atoms with Crippen molar-refractivity contribution in [2.45, 2.75) is 116 Å². The average Bonchev–Trinajstić information content (AvgIpc) is 2.95. The maximum Gasteiger partial charge on any atom is 0.224 e. The molecule has 8 N–H and O–H groups in total. The zero-order valence-electron chi connectivity index (χ0n) is 25.6. The van der Waals surface area contributed by atoms with E-state index in [1.807, 2.05) is 41.5 Å². The van der Waals surface area contributed by atoms with Gasteiger partial charge in [0.2, 0.25) is 11.8 Å². The Morgan fingerprint density at radius 3 is 1.33 bits per heavy atom. The summed E-state index contributed by atoms with van der Waals surface area (Å²) in [5, 5.41) is 53.3. The van der Waals surface area contributed by atoms with Crippen molar-refractivity contribution in [2.75, 3.05) is 10.6 Å². The lowest BCUT2D eigenvalue weighted by Crippen LogP contribution is -2.39. The highest BCUT2D eigenvalue weighted by Gasteiger charge is 2.29. The first-order chi connectivity index (χ1) is 19.9. The quantitative estimate of drug-likeness (QED) is 0.193. The number of carbonyl (C=O) groups excluding carboxylic acids is 2. The van der Waals surface area contributed by atoms with E-state index in [1.54, 1.807) is 12.1 Å². The van der Waals surface area contributed by atoms with Crippen LogP contribution in [0.25, 0.3) is 0 Å². The molecule has 0 aliphatic carbocycles. The molecule has 0 bridgehead atoms. The van der Waals surface area contributed by atoms with Crippen LogP contribution in [0.2, 0.25) is 0 Å². The smallest absolute Gasteiger partial charge is 0.224 e. The number of fused-ring (bicyclic) bond motifs is 2. The van der Waals surface area contributed by atoms with Crippen LogP contribution in [0, 0.1) is 0 Å². The topological polar surface area (TPSA) is 163 Å². The minimum Gasteiger partial charge on any atom is -0.506 e. The van der Waals surface area contributed by atoms with Crippen LogP contribution in [-0.4, -0.2) is 56.4 Å². The second-order valence-electron chi connectivity index (χ2n) is 11.7. The van der Waals surface area contributed by atoms with Crippen molar-refractivity contribution in [3.63, 3.8) is 0 Å². The first-order valence-corrected chi connectivity index (χ1v) is 15.0. The Bertz CT molecular complexity index is 1150. The predicted octanol–water partition coefficient (Wildman–Crippen LogP) is 4.17. The van der Waals surface area contributed by atoms with Gasteiger partial charge in [0.1, 0.15) is 11.5 Å².